The number of hydrogen-bond acceptors (Lipinski definition) is 6. The quantitative estimate of drug-likeness (QED) is 0.0266. The molecule has 0 fully saturated rings. The number of carbonyl (C=O) groups is 3. The largest absolute Gasteiger partial charge is 0.462 e. The van der Waals surface area contributed by atoms with Crippen LogP contribution in [-0.2, 0) is 28.6 Å². The minimum Gasteiger partial charge on any atom is -0.462 e. The number of rotatable bonds is 43. The fraction of sp³-hybridized carbons (Fsp3) is 0.857. The number of hydrogen-bond donors (Lipinski definition) is 0. The van der Waals surface area contributed by atoms with Gasteiger partial charge in [0.2, 0.25) is 0 Å². The van der Waals surface area contributed by atoms with Crippen LogP contribution in [0.1, 0.15) is 252 Å². The van der Waals surface area contributed by atoms with Crippen molar-refractivity contribution in [1.29, 1.82) is 0 Å². The summed E-state index contributed by atoms with van der Waals surface area (Å²) in [5, 5.41) is 0. The molecule has 1 unspecified atom stereocenters. The van der Waals surface area contributed by atoms with Gasteiger partial charge in [0.1, 0.15) is 13.2 Å². The molecular weight excluding hydrogens is 685 g/mol. The van der Waals surface area contributed by atoms with Gasteiger partial charge in [0.15, 0.2) is 6.10 Å². The van der Waals surface area contributed by atoms with Gasteiger partial charge in [-0.05, 0) is 70.6 Å². The van der Waals surface area contributed by atoms with Gasteiger partial charge in [-0.25, -0.2) is 0 Å². The summed E-state index contributed by atoms with van der Waals surface area (Å²) >= 11 is 0. The van der Waals surface area contributed by atoms with Gasteiger partial charge in [0.25, 0.3) is 0 Å². The molecule has 0 aliphatic rings. The van der Waals surface area contributed by atoms with Crippen LogP contribution in [0.4, 0.5) is 0 Å². The average molecular weight is 775 g/mol. The van der Waals surface area contributed by atoms with Crippen LogP contribution in [0.25, 0.3) is 0 Å². The zero-order chi connectivity index (χ0) is 40.1. The SMILES string of the molecule is CCCCC/C=C\CCCCCCCC(=O)OC(COC(=O)CCCCCCC/C=C\CCCCCCCCC)COC(=O)CCCCCCCCCCC. The van der Waals surface area contributed by atoms with E-state index in [2.05, 4.69) is 45.1 Å². The molecule has 0 aliphatic carbocycles. The Bertz CT molecular complexity index is 896. The molecule has 0 amide bonds. The highest BCUT2D eigenvalue weighted by Gasteiger charge is 2.19. The van der Waals surface area contributed by atoms with Crippen LogP contribution in [0.3, 0.4) is 0 Å². The van der Waals surface area contributed by atoms with E-state index in [1.807, 2.05) is 0 Å². The maximum atomic E-state index is 12.7. The van der Waals surface area contributed by atoms with E-state index in [0.717, 1.165) is 70.6 Å². The van der Waals surface area contributed by atoms with Crippen molar-refractivity contribution in [3.63, 3.8) is 0 Å². The van der Waals surface area contributed by atoms with E-state index in [0.29, 0.717) is 19.3 Å². The van der Waals surface area contributed by atoms with Crippen molar-refractivity contribution >= 4 is 17.9 Å². The summed E-state index contributed by atoms with van der Waals surface area (Å²) in [5.41, 5.74) is 0. The third-order valence-corrected chi connectivity index (χ3v) is 10.4. The van der Waals surface area contributed by atoms with E-state index in [4.69, 9.17) is 14.2 Å². The zero-order valence-corrected chi connectivity index (χ0v) is 36.7. The predicted octanol–water partition coefficient (Wildman–Crippen LogP) is 15.2. The Morgan fingerprint density at radius 3 is 0.945 bits per heavy atom. The first kappa shape index (κ1) is 52.9. The Hall–Kier alpha value is -2.11. The highest BCUT2D eigenvalue weighted by Crippen LogP contribution is 2.14. The predicted molar refractivity (Wildman–Crippen MR) is 233 cm³/mol. The molecule has 6 nitrogen and oxygen atoms in total. The van der Waals surface area contributed by atoms with Gasteiger partial charge < -0.3 is 14.2 Å². The first-order valence-corrected chi connectivity index (χ1v) is 23.8. The van der Waals surface area contributed by atoms with Gasteiger partial charge >= 0.3 is 17.9 Å². The van der Waals surface area contributed by atoms with E-state index >= 15 is 0 Å². The molecular formula is C49H90O6. The van der Waals surface area contributed by atoms with Gasteiger partial charge in [-0.1, -0.05) is 186 Å². The number of unbranched alkanes of at least 4 members (excludes halogenated alkanes) is 28. The van der Waals surface area contributed by atoms with Crippen molar-refractivity contribution in [3.8, 4) is 0 Å². The summed E-state index contributed by atoms with van der Waals surface area (Å²) in [6.45, 7) is 6.58. The lowest BCUT2D eigenvalue weighted by molar-refractivity contribution is -0.167. The summed E-state index contributed by atoms with van der Waals surface area (Å²) in [6.07, 6.45) is 48.7. The van der Waals surface area contributed by atoms with E-state index in [1.54, 1.807) is 0 Å². The van der Waals surface area contributed by atoms with Gasteiger partial charge in [0, 0.05) is 19.3 Å². The maximum Gasteiger partial charge on any atom is 0.306 e. The second-order valence-corrected chi connectivity index (χ2v) is 16.0. The smallest absolute Gasteiger partial charge is 0.306 e. The summed E-state index contributed by atoms with van der Waals surface area (Å²) in [5.74, 6) is -0.889. The molecule has 0 N–H and O–H groups in total. The van der Waals surface area contributed by atoms with Crippen LogP contribution >= 0.6 is 0 Å². The van der Waals surface area contributed by atoms with Crippen molar-refractivity contribution < 1.29 is 28.6 Å². The second-order valence-electron chi connectivity index (χ2n) is 16.0. The van der Waals surface area contributed by atoms with Crippen LogP contribution in [0.15, 0.2) is 24.3 Å². The Morgan fingerprint density at radius 1 is 0.345 bits per heavy atom. The third kappa shape index (κ3) is 42.9. The Labute approximate surface area is 341 Å². The Morgan fingerprint density at radius 2 is 0.600 bits per heavy atom. The third-order valence-electron chi connectivity index (χ3n) is 10.4. The van der Waals surface area contributed by atoms with Crippen molar-refractivity contribution in [3.05, 3.63) is 24.3 Å². The fourth-order valence-electron chi connectivity index (χ4n) is 6.78. The van der Waals surface area contributed by atoms with Gasteiger partial charge in [0.05, 0.1) is 0 Å². The van der Waals surface area contributed by atoms with E-state index < -0.39 is 6.10 Å². The van der Waals surface area contributed by atoms with E-state index in [-0.39, 0.29) is 31.1 Å². The summed E-state index contributed by atoms with van der Waals surface area (Å²) < 4.78 is 16.7. The van der Waals surface area contributed by atoms with Crippen molar-refractivity contribution in [2.24, 2.45) is 0 Å². The molecule has 1 atom stereocenters. The number of esters is 3. The number of allylic oxidation sites excluding steroid dienone is 4. The normalized spacial score (nSPS) is 12.1. The number of ether oxygens (including phenoxy) is 3. The zero-order valence-electron chi connectivity index (χ0n) is 36.7. The van der Waals surface area contributed by atoms with Crippen LogP contribution in [0.5, 0.6) is 0 Å². The highest BCUT2D eigenvalue weighted by molar-refractivity contribution is 5.71. The van der Waals surface area contributed by atoms with Crippen molar-refractivity contribution in [2.45, 2.75) is 258 Å². The van der Waals surface area contributed by atoms with Gasteiger partial charge in [-0.15, -0.1) is 0 Å². The standard InChI is InChI=1S/C49H90O6/c1-4-7-10-13-16-19-21-23-24-25-26-28-30-33-36-39-42-48(51)54-45-46(44-53-47(50)41-38-35-32-29-18-15-12-9-6-3)55-49(52)43-40-37-34-31-27-22-20-17-14-11-8-5-2/h17,20,24-25,46H,4-16,18-19,21-23,26-45H2,1-3H3/b20-17-,25-24-. The van der Waals surface area contributed by atoms with E-state index in [9.17, 15) is 14.4 Å². The highest BCUT2D eigenvalue weighted by atomic mass is 16.6. The van der Waals surface area contributed by atoms with Crippen LogP contribution in [0, 0.1) is 0 Å². The Balaban J connectivity index is 4.33. The molecule has 6 heteroatoms. The van der Waals surface area contributed by atoms with E-state index in [1.165, 1.54) is 141 Å². The molecule has 0 saturated heterocycles. The topological polar surface area (TPSA) is 78.9 Å². The molecule has 322 valence electrons. The molecule has 55 heavy (non-hydrogen) atoms. The van der Waals surface area contributed by atoms with Crippen LogP contribution in [0.2, 0.25) is 0 Å². The lowest BCUT2D eigenvalue weighted by atomic mass is 10.1. The monoisotopic (exact) mass is 775 g/mol. The molecule has 0 saturated carbocycles. The lowest BCUT2D eigenvalue weighted by Gasteiger charge is -2.18. The second kappa shape index (κ2) is 44.6. The van der Waals surface area contributed by atoms with Crippen LogP contribution < -0.4 is 0 Å². The lowest BCUT2D eigenvalue weighted by Crippen LogP contribution is -2.30. The van der Waals surface area contributed by atoms with Crippen molar-refractivity contribution in [1.82, 2.24) is 0 Å². The molecule has 0 aromatic carbocycles. The molecule has 0 spiro atoms. The molecule has 0 rings (SSSR count). The molecule has 0 heterocycles. The molecule has 0 aliphatic heterocycles. The summed E-state index contributed by atoms with van der Waals surface area (Å²) in [7, 11) is 0. The maximum absolute atomic E-state index is 12.7. The van der Waals surface area contributed by atoms with Crippen molar-refractivity contribution in [2.75, 3.05) is 13.2 Å². The molecule has 0 aromatic heterocycles. The molecule has 0 aromatic rings. The summed E-state index contributed by atoms with van der Waals surface area (Å²) in [6, 6.07) is 0. The molecule has 0 bridgehead atoms. The first-order chi connectivity index (χ1) is 27.0. The summed E-state index contributed by atoms with van der Waals surface area (Å²) in [4.78, 5) is 37.7. The fourth-order valence-corrected chi connectivity index (χ4v) is 6.78. The Kier molecular flexibility index (Phi) is 42.9. The van der Waals surface area contributed by atoms with Gasteiger partial charge in [-0.3, -0.25) is 14.4 Å². The molecule has 0 radical (unpaired) electrons. The van der Waals surface area contributed by atoms with Crippen LogP contribution in [-0.4, -0.2) is 37.2 Å². The average Bonchev–Trinajstić information content (AvgIpc) is 3.18. The van der Waals surface area contributed by atoms with Gasteiger partial charge in [-0.2, -0.15) is 0 Å². The minimum atomic E-state index is -0.772. The first-order valence-electron chi connectivity index (χ1n) is 23.8. The minimum absolute atomic E-state index is 0.0747. The number of carbonyl (C=O) groups excluding carboxylic acids is 3.